The fourth-order valence-corrected chi connectivity index (χ4v) is 0.759. The lowest BCUT2D eigenvalue weighted by atomic mass is 10.3. The number of nitrogens with zero attached hydrogens (tertiary/aromatic N) is 2. The van der Waals surface area contributed by atoms with Gasteiger partial charge in [0.15, 0.2) is 0 Å². The monoisotopic (exact) mass is 156 g/mol. The molecule has 1 aliphatic rings. The van der Waals surface area contributed by atoms with Crippen LogP contribution in [-0.4, -0.2) is 51.1 Å². The molecule has 1 rings (SSSR count). The van der Waals surface area contributed by atoms with E-state index in [1.54, 1.807) is 0 Å². The summed E-state index contributed by atoms with van der Waals surface area (Å²) in [7, 11) is 8.14. The van der Waals surface area contributed by atoms with Crippen molar-refractivity contribution >= 4 is 0 Å². The quantitative estimate of drug-likeness (QED) is 0.484. The molecule has 0 fully saturated rings. The highest BCUT2D eigenvalue weighted by atomic mass is 15.1. The highest BCUT2D eigenvalue weighted by Crippen LogP contribution is 1.95. The zero-order chi connectivity index (χ0) is 8.69. The van der Waals surface area contributed by atoms with Crippen LogP contribution in [0.4, 0.5) is 0 Å². The van der Waals surface area contributed by atoms with Crippen molar-refractivity contribution in [1.29, 1.82) is 0 Å². The molecule has 0 aromatic rings. The first-order chi connectivity index (χ1) is 5.13. The molecule has 0 saturated carbocycles. The molecule has 0 saturated heterocycles. The lowest BCUT2D eigenvalue weighted by Crippen LogP contribution is -2.21. The summed E-state index contributed by atoms with van der Waals surface area (Å²) in [6.07, 6.45) is 5.68. The van der Waals surface area contributed by atoms with Crippen LogP contribution in [0, 0.1) is 0 Å². The van der Waals surface area contributed by atoms with E-state index in [1.165, 1.54) is 13.0 Å². The minimum absolute atomic E-state index is 1.14. The Morgan fingerprint density at radius 2 is 1.73 bits per heavy atom. The van der Waals surface area contributed by atoms with Crippen LogP contribution in [0.25, 0.3) is 0 Å². The summed E-state index contributed by atoms with van der Waals surface area (Å²) in [5.74, 6) is 0. The summed E-state index contributed by atoms with van der Waals surface area (Å²) in [5.41, 5.74) is 0. The third-order valence-electron chi connectivity index (χ3n) is 1.26. The van der Waals surface area contributed by atoms with E-state index in [9.17, 15) is 0 Å². The van der Waals surface area contributed by atoms with Gasteiger partial charge in [-0.2, -0.15) is 0 Å². The van der Waals surface area contributed by atoms with E-state index in [-0.39, 0.29) is 0 Å². The maximum absolute atomic E-state index is 2.31. The molecule has 66 valence electrons. The normalized spacial score (nSPS) is 17.9. The Morgan fingerprint density at radius 3 is 1.91 bits per heavy atom. The Balaban J connectivity index is 0.000000218. The molecule has 11 heavy (non-hydrogen) atoms. The van der Waals surface area contributed by atoms with Gasteiger partial charge in [0.25, 0.3) is 0 Å². The van der Waals surface area contributed by atoms with Gasteiger partial charge in [-0.3, -0.25) is 0 Å². The SMILES string of the molecule is CN(C)C.CN1CC=CCC1. The molecule has 1 heterocycles. The van der Waals surface area contributed by atoms with Crippen molar-refractivity contribution in [1.82, 2.24) is 9.80 Å². The van der Waals surface area contributed by atoms with Gasteiger partial charge in [0, 0.05) is 13.1 Å². The minimum atomic E-state index is 1.14. The molecule has 0 aliphatic carbocycles. The van der Waals surface area contributed by atoms with Crippen LogP contribution >= 0.6 is 0 Å². The number of hydrogen-bond donors (Lipinski definition) is 0. The summed E-state index contributed by atoms with van der Waals surface area (Å²) >= 11 is 0. The molecule has 0 N–H and O–H groups in total. The van der Waals surface area contributed by atoms with E-state index in [0.29, 0.717) is 0 Å². The fraction of sp³-hybridized carbons (Fsp3) is 0.778. The number of hydrogen-bond acceptors (Lipinski definition) is 2. The van der Waals surface area contributed by atoms with E-state index in [0.717, 1.165) is 6.54 Å². The van der Waals surface area contributed by atoms with Crippen molar-refractivity contribution in [2.24, 2.45) is 0 Å². The summed E-state index contributed by atoms with van der Waals surface area (Å²) in [6.45, 7) is 2.37. The van der Waals surface area contributed by atoms with Crippen molar-refractivity contribution in [3.05, 3.63) is 12.2 Å². The first-order valence-electron chi connectivity index (χ1n) is 4.07. The third-order valence-corrected chi connectivity index (χ3v) is 1.26. The zero-order valence-corrected chi connectivity index (χ0v) is 8.17. The highest BCUT2D eigenvalue weighted by Gasteiger charge is 1.95. The van der Waals surface area contributed by atoms with Crippen LogP contribution < -0.4 is 0 Å². The van der Waals surface area contributed by atoms with Crippen LogP contribution in [0.1, 0.15) is 6.42 Å². The predicted molar refractivity (Wildman–Crippen MR) is 50.9 cm³/mol. The van der Waals surface area contributed by atoms with E-state index >= 15 is 0 Å². The van der Waals surface area contributed by atoms with Crippen LogP contribution in [0.3, 0.4) is 0 Å². The Kier molecular flexibility index (Phi) is 6.18. The number of rotatable bonds is 0. The van der Waals surface area contributed by atoms with E-state index in [1.807, 2.05) is 26.0 Å². The molecule has 1 aliphatic heterocycles. The van der Waals surface area contributed by atoms with Gasteiger partial charge in [0.2, 0.25) is 0 Å². The molecule has 0 amide bonds. The van der Waals surface area contributed by atoms with Gasteiger partial charge in [0.05, 0.1) is 0 Å². The van der Waals surface area contributed by atoms with Crippen molar-refractivity contribution < 1.29 is 0 Å². The van der Waals surface area contributed by atoms with Gasteiger partial charge in [-0.15, -0.1) is 0 Å². The molecular formula is C9H20N2. The van der Waals surface area contributed by atoms with Crippen LogP contribution in [0.5, 0.6) is 0 Å². The smallest absolute Gasteiger partial charge is 0.0160 e. The molecule has 0 aromatic heterocycles. The first kappa shape index (κ1) is 10.7. The summed E-state index contributed by atoms with van der Waals surface area (Å²) in [6, 6.07) is 0. The van der Waals surface area contributed by atoms with Gasteiger partial charge in [-0.1, -0.05) is 12.2 Å². The molecule has 0 radical (unpaired) electrons. The lowest BCUT2D eigenvalue weighted by Gasteiger charge is -2.15. The Hall–Kier alpha value is -0.340. The van der Waals surface area contributed by atoms with Gasteiger partial charge in [0.1, 0.15) is 0 Å². The minimum Gasteiger partial charge on any atom is -0.312 e. The average molecular weight is 156 g/mol. The van der Waals surface area contributed by atoms with Gasteiger partial charge in [-0.25, -0.2) is 0 Å². The Labute approximate surface area is 70.5 Å². The maximum atomic E-state index is 2.31. The molecule has 2 heteroatoms. The van der Waals surface area contributed by atoms with Gasteiger partial charge < -0.3 is 9.80 Å². The Bertz CT molecular complexity index is 105. The second kappa shape index (κ2) is 6.38. The molecule has 0 atom stereocenters. The van der Waals surface area contributed by atoms with Gasteiger partial charge in [-0.05, 0) is 34.6 Å². The molecule has 0 spiro atoms. The van der Waals surface area contributed by atoms with Crippen molar-refractivity contribution in [2.75, 3.05) is 41.3 Å². The van der Waals surface area contributed by atoms with Crippen LogP contribution in [0.15, 0.2) is 12.2 Å². The second-order valence-electron chi connectivity index (χ2n) is 3.36. The first-order valence-corrected chi connectivity index (χ1v) is 4.07. The molecule has 0 bridgehead atoms. The second-order valence-corrected chi connectivity index (χ2v) is 3.36. The standard InChI is InChI=1S/C6H11N.C3H9N/c1-7-5-3-2-4-6-7;1-4(2)3/h2-3H,4-6H2,1H3;1-3H3. The maximum Gasteiger partial charge on any atom is 0.0160 e. The summed E-state index contributed by atoms with van der Waals surface area (Å²) in [5, 5.41) is 0. The number of likely N-dealkylation sites (N-methyl/N-ethyl adjacent to an activating group) is 1. The van der Waals surface area contributed by atoms with E-state index < -0.39 is 0 Å². The van der Waals surface area contributed by atoms with Crippen molar-refractivity contribution in [3.63, 3.8) is 0 Å². The van der Waals surface area contributed by atoms with Crippen molar-refractivity contribution in [3.8, 4) is 0 Å². The molecular weight excluding hydrogens is 136 g/mol. The van der Waals surface area contributed by atoms with Crippen LogP contribution in [-0.2, 0) is 0 Å². The average Bonchev–Trinajstić information content (AvgIpc) is 1.87. The molecule has 0 unspecified atom stereocenters. The van der Waals surface area contributed by atoms with Crippen LogP contribution in [0.2, 0.25) is 0 Å². The molecule has 2 nitrogen and oxygen atoms in total. The van der Waals surface area contributed by atoms with Crippen molar-refractivity contribution in [2.45, 2.75) is 6.42 Å². The van der Waals surface area contributed by atoms with E-state index in [4.69, 9.17) is 0 Å². The topological polar surface area (TPSA) is 6.48 Å². The predicted octanol–water partition coefficient (Wildman–Crippen LogP) is 1.06. The largest absolute Gasteiger partial charge is 0.312 e. The highest BCUT2D eigenvalue weighted by molar-refractivity contribution is 4.89. The van der Waals surface area contributed by atoms with E-state index in [2.05, 4.69) is 24.1 Å². The fourth-order valence-electron chi connectivity index (χ4n) is 0.759. The summed E-state index contributed by atoms with van der Waals surface area (Å²) in [4.78, 5) is 4.31. The summed E-state index contributed by atoms with van der Waals surface area (Å²) < 4.78 is 0. The lowest BCUT2D eigenvalue weighted by molar-refractivity contribution is 0.366. The zero-order valence-electron chi connectivity index (χ0n) is 8.17. The Morgan fingerprint density at radius 1 is 1.18 bits per heavy atom. The third kappa shape index (κ3) is 9.66. The van der Waals surface area contributed by atoms with Gasteiger partial charge >= 0.3 is 0 Å². The molecule has 0 aromatic carbocycles.